The first kappa shape index (κ1) is 15.8. The number of rotatable bonds is 1. The Morgan fingerprint density at radius 1 is 0.630 bits per heavy atom. The highest BCUT2D eigenvalue weighted by Gasteiger charge is 2.20. The summed E-state index contributed by atoms with van der Waals surface area (Å²) < 4.78 is 0. The number of nitrogens with zero attached hydrogens (tertiary/aromatic N) is 4. The van der Waals surface area contributed by atoms with E-state index >= 15 is 0 Å². The van der Waals surface area contributed by atoms with Gasteiger partial charge in [-0.25, -0.2) is 20.0 Å². The zero-order chi connectivity index (χ0) is 18.4. The van der Waals surface area contributed by atoms with Gasteiger partial charge in [-0.2, -0.15) is 0 Å². The predicted molar refractivity (Wildman–Crippen MR) is 112 cm³/mol. The summed E-state index contributed by atoms with van der Waals surface area (Å²) in [7, 11) is 0. The molecule has 4 heteroatoms. The van der Waals surface area contributed by atoms with Crippen LogP contribution in [0.1, 0.15) is 20.3 Å². The largest absolute Gasteiger partial charge is 0.249 e. The van der Waals surface area contributed by atoms with E-state index in [1.54, 1.807) is 0 Å². The predicted octanol–water partition coefficient (Wildman–Crippen LogP) is 4.75. The first-order valence-electron chi connectivity index (χ1n) is 9.14. The number of aliphatic imine (C=N–C) groups is 4. The molecule has 130 valence electrons. The van der Waals surface area contributed by atoms with Gasteiger partial charge in [-0.15, -0.1) is 0 Å². The maximum atomic E-state index is 4.86. The van der Waals surface area contributed by atoms with Crippen LogP contribution < -0.4 is 0 Å². The molecule has 27 heavy (non-hydrogen) atoms. The molecule has 0 N–H and O–H groups in total. The Labute approximate surface area is 158 Å². The van der Waals surface area contributed by atoms with Crippen LogP contribution in [0.15, 0.2) is 115 Å². The summed E-state index contributed by atoms with van der Waals surface area (Å²) in [5.41, 5.74) is 9.87. The summed E-state index contributed by atoms with van der Waals surface area (Å²) >= 11 is 0. The smallest absolute Gasteiger partial charge is 0.0693 e. The van der Waals surface area contributed by atoms with Crippen molar-refractivity contribution in [2.75, 3.05) is 0 Å². The molecule has 5 aliphatic rings. The lowest BCUT2D eigenvalue weighted by Crippen LogP contribution is -1.94. The van der Waals surface area contributed by atoms with Crippen molar-refractivity contribution in [2.45, 2.75) is 20.3 Å². The quantitative estimate of drug-likeness (QED) is 0.655. The Balaban J connectivity index is 1.68. The molecule has 0 unspecified atom stereocenters. The molecule has 0 aromatic heterocycles. The van der Waals surface area contributed by atoms with Gasteiger partial charge in [0.25, 0.3) is 0 Å². The van der Waals surface area contributed by atoms with E-state index in [0.29, 0.717) is 0 Å². The maximum Gasteiger partial charge on any atom is 0.0693 e. The normalized spacial score (nSPS) is 22.3. The molecule has 0 aromatic rings. The molecule has 0 saturated carbocycles. The summed E-state index contributed by atoms with van der Waals surface area (Å²) in [4.78, 5) is 18.9. The van der Waals surface area contributed by atoms with Gasteiger partial charge in [0.2, 0.25) is 0 Å². The van der Waals surface area contributed by atoms with Crippen LogP contribution in [-0.2, 0) is 0 Å². The minimum atomic E-state index is 0.898. The van der Waals surface area contributed by atoms with Crippen molar-refractivity contribution in [1.29, 1.82) is 0 Å². The lowest BCUT2D eigenvalue weighted by atomic mass is 10.0. The van der Waals surface area contributed by atoms with Crippen molar-refractivity contribution in [2.24, 2.45) is 20.0 Å². The van der Waals surface area contributed by atoms with Gasteiger partial charge in [0.15, 0.2) is 0 Å². The van der Waals surface area contributed by atoms with Gasteiger partial charge in [0, 0.05) is 0 Å². The van der Waals surface area contributed by atoms with E-state index in [-0.39, 0.29) is 0 Å². The molecule has 0 aliphatic carbocycles. The molecule has 0 radical (unpaired) electrons. The van der Waals surface area contributed by atoms with E-state index < -0.39 is 0 Å². The van der Waals surface area contributed by atoms with E-state index in [9.17, 15) is 0 Å². The van der Waals surface area contributed by atoms with Gasteiger partial charge < -0.3 is 0 Å². The third-order valence-electron chi connectivity index (χ3n) is 4.95. The fraction of sp³-hybridized carbons (Fsp3) is 0.130. The van der Waals surface area contributed by atoms with E-state index in [0.717, 1.165) is 52.1 Å². The standard InChI is InChI=1S/C23H18N4/c1-3-21-14(2)22-12-19-8-6-17(25-19)10-15-4-5-16(24-15)11-18-7-9-20(26-18)13-23(21)27-22/h4-13H,3H2,1-2H3. The lowest BCUT2D eigenvalue weighted by Gasteiger charge is -2.01. The summed E-state index contributed by atoms with van der Waals surface area (Å²) in [5, 5.41) is 0. The zero-order valence-electron chi connectivity index (χ0n) is 15.3. The summed E-state index contributed by atoms with van der Waals surface area (Å²) in [5.74, 6) is 0. The highest BCUT2D eigenvalue weighted by molar-refractivity contribution is 6.16. The Bertz CT molecular complexity index is 1130. The van der Waals surface area contributed by atoms with Gasteiger partial charge >= 0.3 is 0 Å². The molecule has 5 heterocycles. The lowest BCUT2D eigenvalue weighted by molar-refractivity contribution is 1.09. The van der Waals surface area contributed by atoms with E-state index in [2.05, 4.69) is 31.0 Å². The average molecular weight is 350 g/mol. The van der Waals surface area contributed by atoms with Crippen LogP contribution in [0.2, 0.25) is 0 Å². The molecule has 0 aromatic carbocycles. The van der Waals surface area contributed by atoms with Crippen LogP contribution in [0.25, 0.3) is 0 Å². The molecule has 4 nitrogen and oxygen atoms in total. The third kappa shape index (κ3) is 2.89. The minimum Gasteiger partial charge on any atom is -0.249 e. The van der Waals surface area contributed by atoms with Crippen LogP contribution in [0.5, 0.6) is 0 Å². The number of fused-ring (bicyclic) bond motifs is 4. The van der Waals surface area contributed by atoms with Crippen molar-refractivity contribution in [3.63, 3.8) is 0 Å². The zero-order valence-corrected chi connectivity index (χ0v) is 15.3. The fourth-order valence-corrected chi connectivity index (χ4v) is 3.58. The molecule has 0 saturated heterocycles. The Morgan fingerprint density at radius 2 is 1.15 bits per heavy atom. The van der Waals surface area contributed by atoms with Crippen molar-refractivity contribution in [3.8, 4) is 0 Å². The third-order valence-corrected chi connectivity index (χ3v) is 4.95. The van der Waals surface area contributed by atoms with Crippen LogP contribution in [-0.4, -0.2) is 22.8 Å². The van der Waals surface area contributed by atoms with Gasteiger partial charge in [0.05, 0.1) is 45.6 Å². The highest BCUT2D eigenvalue weighted by atomic mass is 14.8. The fourth-order valence-electron chi connectivity index (χ4n) is 3.58. The number of hydrogen-bond donors (Lipinski definition) is 0. The number of hydrogen-bond acceptors (Lipinski definition) is 4. The molecule has 0 atom stereocenters. The minimum absolute atomic E-state index is 0.898. The molecule has 0 spiro atoms. The first-order chi connectivity index (χ1) is 13.2. The van der Waals surface area contributed by atoms with E-state index in [1.807, 2.05) is 48.6 Å². The molecule has 5 rings (SSSR count). The second-order valence-electron chi connectivity index (χ2n) is 6.80. The summed E-state index contributed by atoms with van der Waals surface area (Å²) in [6, 6.07) is 0. The molecular weight excluding hydrogens is 332 g/mol. The first-order valence-corrected chi connectivity index (χ1v) is 9.14. The van der Waals surface area contributed by atoms with Crippen molar-refractivity contribution in [1.82, 2.24) is 0 Å². The van der Waals surface area contributed by atoms with Crippen LogP contribution in [0, 0.1) is 0 Å². The van der Waals surface area contributed by atoms with Crippen molar-refractivity contribution in [3.05, 3.63) is 94.7 Å². The number of allylic oxidation sites excluding steroid dienone is 12. The maximum absolute atomic E-state index is 4.86. The molecular formula is C23H18N4. The average Bonchev–Trinajstić information content (AvgIpc) is 3.41. The van der Waals surface area contributed by atoms with E-state index in [1.165, 1.54) is 11.1 Å². The molecule has 5 aliphatic heterocycles. The van der Waals surface area contributed by atoms with Crippen LogP contribution in [0.3, 0.4) is 0 Å². The molecule has 8 bridgehead atoms. The van der Waals surface area contributed by atoms with Gasteiger partial charge in [0.1, 0.15) is 0 Å². The molecule has 0 amide bonds. The molecule has 0 fully saturated rings. The monoisotopic (exact) mass is 350 g/mol. The van der Waals surface area contributed by atoms with Crippen molar-refractivity contribution >= 4 is 22.8 Å². The van der Waals surface area contributed by atoms with E-state index in [4.69, 9.17) is 15.0 Å². The van der Waals surface area contributed by atoms with Gasteiger partial charge in [-0.1, -0.05) is 6.92 Å². The van der Waals surface area contributed by atoms with Crippen molar-refractivity contribution < 1.29 is 0 Å². The van der Waals surface area contributed by atoms with Crippen LogP contribution >= 0.6 is 0 Å². The van der Waals surface area contributed by atoms with Gasteiger partial charge in [-0.05, 0) is 85.3 Å². The second-order valence-corrected chi connectivity index (χ2v) is 6.80. The highest BCUT2D eigenvalue weighted by Crippen LogP contribution is 2.30. The summed E-state index contributed by atoms with van der Waals surface area (Å²) in [6.45, 7) is 4.30. The van der Waals surface area contributed by atoms with Crippen LogP contribution in [0.4, 0.5) is 0 Å². The summed E-state index contributed by atoms with van der Waals surface area (Å²) in [6.07, 6.45) is 21.1. The topological polar surface area (TPSA) is 49.4 Å². The Morgan fingerprint density at radius 3 is 1.70 bits per heavy atom. The van der Waals surface area contributed by atoms with Gasteiger partial charge in [-0.3, -0.25) is 0 Å². The Kier molecular flexibility index (Phi) is 3.57. The second kappa shape index (κ2) is 6.09. The Hall–Kier alpha value is -3.40. The SMILES string of the molecule is CCC1=C(C)C2=NC1=CC1=NC(=CC3=NC(=CC4=NC(=C2)C=C4)C=C3)C=C1.